The maximum absolute atomic E-state index is 5.09. The van der Waals surface area contributed by atoms with Crippen LogP contribution in [0.1, 0.15) is 23.9 Å². The Bertz CT molecular complexity index is 2150. The second kappa shape index (κ2) is 9.02. The van der Waals surface area contributed by atoms with Gasteiger partial charge in [0.05, 0.1) is 28.5 Å². The molecule has 0 bridgehead atoms. The molecule has 7 aromatic rings. The fourth-order valence-electron chi connectivity index (χ4n) is 6.71. The highest BCUT2D eigenvalue weighted by atomic mass is 15.1. The zero-order valence-corrected chi connectivity index (χ0v) is 22.9. The number of benzene rings is 5. The summed E-state index contributed by atoms with van der Waals surface area (Å²) in [7, 11) is 0. The van der Waals surface area contributed by atoms with Gasteiger partial charge in [0.1, 0.15) is 11.6 Å². The first kappa shape index (κ1) is 23.2. The van der Waals surface area contributed by atoms with Crippen molar-refractivity contribution in [3.05, 3.63) is 145 Å². The van der Waals surface area contributed by atoms with Crippen LogP contribution in [0.2, 0.25) is 0 Å². The van der Waals surface area contributed by atoms with E-state index in [-0.39, 0.29) is 0 Å². The van der Waals surface area contributed by atoms with Gasteiger partial charge in [-0.1, -0.05) is 103 Å². The van der Waals surface area contributed by atoms with Crippen LogP contribution in [-0.2, 0) is 0 Å². The first-order valence-corrected chi connectivity index (χ1v) is 14.5. The fraction of sp³-hybridized carbons (Fsp3) is 0.0526. The largest absolute Gasteiger partial charge is 0.316 e. The third-order valence-electron chi connectivity index (χ3n) is 8.64. The van der Waals surface area contributed by atoms with Crippen LogP contribution < -0.4 is 0 Å². The second-order valence-corrected chi connectivity index (χ2v) is 11.0. The van der Waals surface area contributed by atoms with E-state index in [0.717, 1.165) is 51.6 Å². The normalized spacial score (nSPS) is 14.7. The number of fused-ring (bicyclic) bond motifs is 4. The summed E-state index contributed by atoms with van der Waals surface area (Å²) in [6, 6.07) is 45.5. The first-order chi connectivity index (χ1) is 20.8. The summed E-state index contributed by atoms with van der Waals surface area (Å²) in [5.74, 6) is 1.99. The average Bonchev–Trinajstić information content (AvgIpc) is 3.75. The van der Waals surface area contributed by atoms with Gasteiger partial charge in [0, 0.05) is 22.4 Å². The quantitative estimate of drug-likeness (QED) is 0.224. The number of allylic oxidation sites excluding steroid dienone is 1. The van der Waals surface area contributed by atoms with Crippen molar-refractivity contribution in [3.63, 3.8) is 0 Å². The molecule has 2 aliphatic heterocycles. The van der Waals surface area contributed by atoms with Crippen molar-refractivity contribution in [1.82, 2.24) is 19.1 Å². The highest BCUT2D eigenvalue weighted by Gasteiger charge is 2.35. The van der Waals surface area contributed by atoms with Gasteiger partial charge in [-0.25, -0.2) is 9.97 Å². The molecule has 2 aromatic heterocycles. The number of para-hydroxylation sites is 2. The van der Waals surface area contributed by atoms with Crippen molar-refractivity contribution < 1.29 is 0 Å². The molecule has 0 saturated heterocycles. The SMILES string of the molecule is C1=Cc2nc(-c3ccccc3)c3n2C(C1)c1ccc(-c2ccc(-n4c(-c5ccccc5)nc5ccccc54)cc2)cc1-3. The zero-order valence-electron chi connectivity index (χ0n) is 22.9. The number of imidazole rings is 2. The lowest BCUT2D eigenvalue weighted by Gasteiger charge is -2.18. The standard InChI is InChI=1S/C38H26N4/c1-3-10-26(11-4-1)36-37-31-24-28(20-23-30(31)33-16-9-17-35(40-36)42(33)37)25-18-21-29(22-19-25)41-34-15-8-7-14-32(34)39-38(41)27-12-5-2-6-13-27/h1-15,17-24,33H,16H2. The fourth-order valence-corrected chi connectivity index (χ4v) is 6.71. The molecule has 0 fully saturated rings. The summed E-state index contributed by atoms with van der Waals surface area (Å²) in [6.07, 6.45) is 5.42. The molecule has 42 heavy (non-hydrogen) atoms. The molecule has 4 heterocycles. The lowest BCUT2D eigenvalue weighted by atomic mass is 9.93. The van der Waals surface area contributed by atoms with E-state index in [1.807, 2.05) is 12.1 Å². The minimum absolute atomic E-state index is 0.308. The molecule has 4 heteroatoms. The Morgan fingerprint density at radius 1 is 0.619 bits per heavy atom. The van der Waals surface area contributed by atoms with Crippen LogP contribution in [-0.4, -0.2) is 19.1 Å². The second-order valence-electron chi connectivity index (χ2n) is 11.0. The maximum Gasteiger partial charge on any atom is 0.145 e. The maximum atomic E-state index is 5.09. The third kappa shape index (κ3) is 3.42. The number of nitrogens with zero attached hydrogens (tertiary/aromatic N) is 4. The Kier molecular flexibility index (Phi) is 4.99. The summed E-state index contributed by atoms with van der Waals surface area (Å²) >= 11 is 0. The van der Waals surface area contributed by atoms with Crippen molar-refractivity contribution in [3.8, 4) is 50.7 Å². The van der Waals surface area contributed by atoms with Gasteiger partial charge in [-0.15, -0.1) is 0 Å². The summed E-state index contributed by atoms with van der Waals surface area (Å²) in [5.41, 5.74) is 12.8. The molecule has 5 aromatic carbocycles. The molecule has 0 spiro atoms. The van der Waals surface area contributed by atoms with Crippen LogP contribution in [0, 0.1) is 0 Å². The van der Waals surface area contributed by atoms with Gasteiger partial charge in [0.2, 0.25) is 0 Å². The van der Waals surface area contributed by atoms with Crippen molar-refractivity contribution in [2.75, 3.05) is 0 Å². The average molecular weight is 539 g/mol. The van der Waals surface area contributed by atoms with Crippen LogP contribution in [0.15, 0.2) is 133 Å². The smallest absolute Gasteiger partial charge is 0.145 e. The molecule has 2 aliphatic rings. The number of hydrogen-bond acceptors (Lipinski definition) is 2. The molecule has 1 atom stereocenters. The minimum atomic E-state index is 0.308. The molecule has 4 nitrogen and oxygen atoms in total. The molecule has 0 saturated carbocycles. The highest BCUT2D eigenvalue weighted by molar-refractivity contribution is 5.88. The molecular formula is C38H26N4. The van der Waals surface area contributed by atoms with Gasteiger partial charge < -0.3 is 4.57 Å². The van der Waals surface area contributed by atoms with E-state index in [0.29, 0.717) is 6.04 Å². The van der Waals surface area contributed by atoms with Crippen LogP contribution in [0.5, 0.6) is 0 Å². The van der Waals surface area contributed by atoms with E-state index in [1.165, 1.54) is 27.9 Å². The number of aromatic nitrogens is 4. The van der Waals surface area contributed by atoms with Gasteiger partial charge >= 0.3 is 0 Å². The lowest BCUT2D eigenvalue weighted by molar-refractivity contribution is 0.605. The molecular weight excluding hydrogens is 512 g/mol. The Labute approximate surface area is 243 Å². The Balaban J connectivity index is 1.15. The van der Waals surface area contributed by atoms with Crippen LogP contribution in [0.25, 0.3) is 67.8 Å². The van der Waals surface area contributed by atoms with E-state index >= 15 is 0 Å². The topological polar surface area (TPSA) is 35.6 Å². The monoisotopic (exact) mass is 538 g/mol. The van der Waals surface area contributed by atoms with E-state index in [4.69, 9.17) is 9.97 Å². The first-order valence-electron chi connectivity index (χ1n) is 14.5. The van der Waals surface area contributed by atoms with Crippen molar-refractivity contribution in [1.29, 1.82) is 0 Å². The highest BCUT2D eigenvalue weighted by Crippen LogP contribution is 2.49. The third-order valence-corrected chi connectivity index (χ3v) is 8.64. The Morgan fingerprint density at radius 3 is 2.14 bits per heavy atom. The van der Waals surface area contributed by atoms with E-state index in [1.54, 1.807) is 0 Å². The molecule has 9 rings (SSSR count). The van der Waals surface area contributed by atoms with Crippen molar-refractivity contribution in [2.24, 2.45) is 0 Å². The molecule has 0 amide bonds. The Hall–Kier alpha value is -5.48. The molecule has 0 N–H and O–H groups in total. The van der Waals surface area contributed by atoms with Crippen molar-refractivity contribution in [2.45, 2.75) is 12.5 Å². The summed E-state index contributed by atoms with van der Waals surface area (Å²) in [5, 5.41) is 0. The van der Waals surface area contributed by atoms with Crippen molar-refractivity contribution >= 4 is 17.1 Å². The minimum Gasteiger partial charge on any atom is -0.316 e. The van der Waals surface area contributed by atoms with Gasteiger partial charge in [-0.3, -0.25) is 4.57 Å². The summed E-state index contributed by atoms with van der Waals surface area (Å²) < 4.78 is 4.70. The van der Waals surface area contributed by atoms with Gasteiger partial charge in [0.25, 0.3) is 0 Å². The van der Waals surface area contributed by atoms with Gasteiger partial charge in [-0.2, -0.15) is 0 Å². The van der Waals surface area contributed by atoms with Gasteiger partial charge in [-0.05, 0) is 59.5 Å². The van der Waals surface area contributed by atoms with Crippen LogP contribution in [0.4, 0.5) is 0 Å². The predicted molar refractivity (Wildman–Crippen MR) is 170 cm³/mol. The molecule has 1 unspecified atom stereocenters. The van der Waals surface area contributed by atoms with Gasteiger partial charge in [0.15, 0.2) is 0 Å². The molecule has 0 radical (unpaired) electrons. The summed E-state index contributed by atoms with van der Waals surface area (Å²) in [4.78, 5) is 10.1. The summed E-state index contributed by atoms with van der Waals surface area (Å²) in [6.45, 7) is 0. The number of hydrogen-bond donors (Lipinski definition) is 0. The zero-order chi connectivity index (χ0) is 27.6. The van der Waals surface area contributed by atoms with E-state index in [2.05, 4.69) is 137 Å². The van der Waals surface area contributed by atoms with E-state index < -0.39 is 0 Å². The molecule has 0 aliphatic carbocycles. The lowest BCUT2D eigenvalue weighted by Crippen LogP contribution is -2.09. The Morgan fingerprint density at radius 2 is 1.33 bits per heavy atom. The van der Waals surface area contributed by atoms with Crippen LogP contribution >= 0.6 is 0 Å². The van der Waals surface area contributed by atoms with Crippen LogP contribution in [0.3, 0.4) is 0 Å². The number of rotatable bonds is 4. The van der Waals surface area contributed by atoms with E-state index in [9.17, 15) is 0 Å². The molecule has 198 valence electrons. The predicted octanol–water partition coefficient (Wildman–Crippen LogP) is 9.21.